The van der Waals surface area contributed by atoms with E-state index in [0.717, 1.165) is 0 Å². The molecule has 1 aromatic carbocycles. The molecule has 138 valence electrons. The molecule has 7 heteroatoms. The number of hydrogen-bond acceptors (Lipinski definition) is 3. The van der Waals surface area contributed by atoms with Crippen molar-refractivity contribution in [3.63, 3.8) is 0 Å². The van der Waals surface area contributed by atoms with Crippen LogP contribution < -0.4 is 0 Å². The van der Waals surface area contributed by atoms with Gasteiger partial charge in [-0.3, -0.25) is 0 Å². The van der Waals surface area contributed by atoms with Crippen molar-refractivity contribution in [3.05, 3.63) is 35.6 Å². The normalized spacial score (nSPS) is 20.9. The van der Waals surface area contributed by atoms with Gasteiger partial charge in [0.2, 0.25) is 0 Å². The maximum Gasteiger partial charge on any atom is 0.410 e. The highest BCUT2D eigenvalue weighted by Gasteiger charge is 2.36. The quantitative estimate of drug-likeness (QED) is 0.877. The number of carbonyl (C=O) groups excluding carboxylic acids is 1. The Morgan fingerprint density at radius 1 is 1.28 bits per heavy atom. The van der Waals surface area contributed by atoms with Crippen molar-refractivity contribution in [2.45, 2.75) is 51.3 Å². The number of hydrogen-bond donors (Lipinski definition) is 1. The van der Waals surface area contributed by atoms with Gasteiger partial charge in [-0.25, -0.2) is 14.0 Å². The highest BCUT2D eigenvalue weighted by atomic mass is 19.1. The van der Waals surface area contributed by atoms with Gasteiger partial charge in [-0.15, -0.1) is 0 Å². The zero-order valence-electron chi connectivity index (χ0n) is 15.0. The van der Waals surface area contributed by atoms with E-state index >= 15 is 0 Å². The van der Waals surface area contributed by atoms with E-state index in [1.165, 1.54) is 21.9 Å². The second-order valence-corrected chi connectivity index (χ2v) is 7.31. The van der Waals surface area contributed by atoms with Crippen LogP contribution in [0.4, 0.5) is 14.0 Å². The van der Waals surface area contributed by atoms with Crippen molar-refractivity contribution in [1.82, 2.24) is 9.80 Å². The predicted octanol–water partition coefficient (Wildman–Crippen LogP) is 3.88. The highest BCUT2D eigenvalue weighted by Crippen LogP contribution is 2.33. The van der Waals surface area contributed by atoms with Gasteiger partial charge in [0.05, 0.1) is 6.04 Å². The van der Waals surface area contributed by atoms with E-state index in [9.17, 15) is 19.1 Å². The lowest BCUT2D eigenvalue weighted by Gasteiger charge is -2.41. The van der Waals surface area contributed by atoms with Crippen LogP contribution in [0.3, 0.4) is 0 Å². The van der Waals surface area contributed by atoms with Crippen molar-refractivity contribution >= 4 is 12.2 Å². The average Bonchev–Trinajstić information content (AvgIpc) is 2.52. The number of carboxylic acid groups (broad SMARTS) is 1. The topological polar surface area (TPSA) is 70.1 Å². The number of carbonyl (C=O) groups is 2. The number of amides is 2. The monoisotopic (exact) mass is 352 g/mol. The molecule has 25 heavy (non-hydrogen) atoms. The van der Waals surface area contributed by atoms with E-state index in [1.54, 1.807) is 40.0 Å². The summed E-state index contributed by atoms with van der Waals surface area (Å²) in [5.74, 6) is -0.371. The Balaban J connectivity index is 2.17. The Bertz CT molecular complexity index is 627. The number of likely N-dealkylation sites (tertiary alicyclic amines) is 1. The first kappa shape index (κ1) is 19.0. The summed E-state index contributed by atoms with van der Waals surface area (Å²) in [6.07, 6.45) is -0.486. The molecular formula is C18H25FN2O4. The molecule has 0 aliphatic carbocycles. The first-order chi connectivity index (χ1) is 11.6. The molecule has 1 unspecified atom stereocenters. The number of piperidine rings is 1. The summed E-state index contributed by atoms with van der Waals surface area (Å²) < 4.78 is 18.6. The van der Waals surface area contributed by atoms with E-state index in [2.05, 4.69) is 0 Å². The molecule has 0 aromatic heterocycles. The van der Waals surface area contributed by atoms with E-state index in [4.69, 9.17) is 4.74 Å². The van der Waals surface area contributed by atoms with E-state index < -0.39 is 23.8 Å². The molecular weight excluding hydrogens is 327 g/mol. The van der Waals surface area contributed by atoms with E-state index in [-0.39, 0.29) is 11.9 Å². The van der Waals surface area contributed by atoms with E-state index in [1.807, 2.05) is 0 Å². The lowest BCUT2D eigenvalue weighted by atomic mass is 9.91. The fraction of sp³-hybridized carbons (Fsp3) is 0.556. The summed E-state index contributed by atoms with van der Waals surface area (Å²) >= 11 is 0. The van der Waals surface area contributed by atoms with Gasteiger partial charge < -0.3 is 19.6 Å². The third kappa shape index (κ3) is 4.84. The van der Waals surface area contributed by atoms with Gasteiger partial charge in [0.15, 0.2) is 0 Å². The molecule has 0 saturated carbocycles. The van der Waals surface area contributed by atoms with E-state index in [0.29, 0.717) is 24.9 Å². The molecule has 1 aliphatic rings. The zero-order chi connectivity index (χ0) is 18.8. The molecule has 0 radical (unpaired) electrons. The summed E-state index contributed by atoms with van der Waals surface area (Å²) in [5.41, 5.74) is 0.120. The van der Waals surface area contributed by atoms with Crippen molar-refractivity contribution in [3.8, 4) is 0 Å². The van der Waals surface area contributed by atoms with Crippen LogP contribution in [0.15, 0.2) is 24.3 Å². The first-order valence-corrected chi connectivity index (χ1v) is 8.29. The fourth-order valence-corrected chi connectivity index (χ4v) is 3.01. The van der Waals surface area contributed by atoms with Crippen LogP contribution in [0.25, 0.3) is 0 Å². The minimum atomic E-state index is -1.02. The Morgan fingerprint density at radius 3 is 2.40 bits per heavy atom. The molecule has 0 bridgehead atoms. The summed E-state index contributed by atoms with van der Waals surface area (Å²) in [6.45, 7) is 5.70. The van der Waals surface area contributed by atoms with Crippen LogP contribution in [0.2, 0.25) is 0 Å². The van der Waals surface area contributed by atoms with Crippen molar-refractivity contribution in [2.75, 3.05) is 13.6 Å². The SMILES string of the molecule is CN(C(=O)OC(C)(C)C)C1CCN(C(=O)O)[C@H](c2ccc(F)cc2)C1. The third-order valence-corrected chi connectivity index (χ3v) is 4.30. The van der Waals surface area contributed by atoms with Crippen LogP contribution in [-0.2, 0) is 4.74 Å². The van der Waals surface area contributed by atoms with Gasteiger partial charge in [-0.2, -0.15) is 0 Å². The summed E-state index contributed by atoms with van der Waals surface area (Å²) in [4.78, 5) is 26.7. The standard InChI is InChI=1S/C18H25FN2O4/c1-18(2,3)25-17(24)20(4)14-9-10-21(16(22)23)15(11-14)12-5-7-13(19)8-6-12/h5-8,14-15H,9-11H2,1-4H3,(H,22,23)/t14?,15-/m0/s1. The number of rotatable bonds is 2. The number of benzene rings is 1. The summed E-state index contributed by atoms with van der Waals surface area (Å²) in [7, 11) is 1.66. The minimum Gasteiger partial charge on any atom is -0.465 e. The average molecular weight is 352 g/mol. The fourth-order valence-electron chi connectivity index (χ4n) is 3.01. The van der Waals surface area contributed by atoms with Crippen LogP contribution in [0, 0.1) is 5.82 Å². The van der Waals surface area contributed by atoms with Gasteiger partial charge in [0.1, 0.15) is 11.4 Å². The minimum absolute atomic E-state index is 0.152. The number of nitrogens with zero attached hydrogens (tertiary/aromatic N) is 2. The Hall–Kier alpha value is -2.31. The second kappa shape index (κ2) is 7.29. The van der Waals surface area contributed by atoms with Crippen LogP contribution in [0.5, 0.6) is 0 Å². The molecule has 2 rings (SSSR count). The Morgan fingerprint density at radius 2 is 1.88 bits per heavy atom. The van der Waals surface area contributed by atoms with Gasteiger partial charge >= 0.3 is 12.2 Å². The van der Waals surface area contributed by atoms with Gasteiger partial charge in [-0.05, 0) is 51.3 Å². The zero-order valence-corrected chi connectivity index (χ0v) is 15.0. The predicted molar refractivity (Wildman–Crippen MR) is 90.9 cm³/mol. The third-order valence-electron chi connectivity index (χ3n) is 4.30. The van der Waals surface area contributed by atoms with Crippen LogP contribution >= 0.6 is 0 Å². The molecule has 1 fully saturated rings. The summed E-state index contributed by atoms with van der Waals surface area (Å²) in [6, 6.07) is 5.23. The van der Waals surface area contributed by atoms with Gasteiger partial charge in [0.25, 0.3) is 0 Å². The molecule has 2 amide bonds. The molecule has 1 aliphatic heterocycles. The van der Waals surface area contributed by atoms with Crippen LogP contribution in [-0.4, -0.2) is 52.3 Å². The smallest absolute Gasteiger partial charge is 0.410 e. The molecule has 1 aromatic rings. The number of halogens is 1. The van der Waals surface area contributed by atoms with Crippen molar-refractivity contribution in [2.24, 2.45) is 0 Å². The van der Waals surface area contributed by atoms with Crippen molar-refractivity contribution < 1.29 is 23.8 Å². The Labute approximate surface area is 147 Å². The maximum atomic E-state index is 13.2. The van der Waals surface area contributed by atoms with Crippen molar-refractivity contribution in [1.29, 1.82) is 0 Å². The molecule has 2 atom stereocenters. The lowest BCUT2D eigenvalue weighted by Crippen LogP contribution is -2.49. The largest absolute Gasteiger partial charge is 0.465 e. The van der Waals surface area contributed by atoms with Gasteiger partial charge in [0, 0.05) is 19.6 Å². The molecule has 6 nitrogen and oxygen atoms in total. The maximum absolute atomic E-state index is 13.2. The Kier molecular flexibility index (Phi) is 5.55. The molecule has 0 spiro atoms. The summed E-state index contributed by atoms with van der Waals surface area (Å²) in [5, 5.41) is 9.46. The highest BCUT2D eigenvalue weighted by molar-refractivity contribution is 5.69. The molecule has 1 heterocycles. The first-order valence-electron chi connectivity index (χ1n) is 8.29. The molecule has 1 N–H and O–H groups in total. The second-order valence-electron chi connectivity index (χ2n) is 7.31. The lowest BCUT2D eigenvalue weighted by molar-refractivity contribution is 0.0104. The van der Waals surface area contributed by atoms with Gasteiger partial charge in [-0.1, -0.05) is 12.1 Å². The van der Waals surface area contributed by atoms with Crippen LogP contribution in [0.1, 0.15) is 45.2 Å². The number of ether oxygens (including phenoxy) is 1. The molecule has 1 saturated heterocycles.